The van der Waals surface area contributed by atoms with Gasteiger partial charge in [0, 0.05) is 12.0 Å². The Morgan fingerprint density at radius 1 is 1.10 bits per heavy atom. The Balaban J connectivity index is 1.95. The number of nitrogens with zero attached hydrogens (tertiary/aromatic N) is 1. The number of ether oxygens (including phenoxy) is 2. The van der Waals surface area contributed by atoms with Crippen molar-refractivity contribution in [2.75, 3.05) is 20.8 Å². The molecule has 1 aromatic heterocycles. The maximum Gasteiger partial charge on any atom is 0.335 e. The molecule has 2 heterocycles. The predicted molar refractivity (Wildman–Crippen MR) is 116 cm³/mol. The number of aryl methyl sites for hydroxylation is 2. The first-order valence-corrected chi connectivity index (χ1v) is 10.1. The van der Waals surface area contributed by atoms with E-state index in [9.17, 15) is 14.7 Å². The fraction of sp³-hybridized carbons (Fsp3) is 0.304. The summed E-state index contributed by atoms with van der Waals surface area (Å²) in [4.78, 5) is 27.9. The zero-order chi connectivity index (χ0) is 22.3. The van der Waals surface area contributed by atoms with Crippen molar-refractivity contribution in [3.8, 4) is 23.1 Å². The van der Waals surface area contributed by atoms with Gasteiger partial charge in [0.25, 0.3) is 5.56 Å². The van der Waals surface area contributed by atoms with E-state index in [0.29, 0.717) is 23.7 Å². The highest BCUT2D eigenvalue weighted by Crippen LogP contribution is 2.36. The number of aromatic hydroxyl groups is 1. The molecule has 0 unspecified atom stereocenters. The van der Waals surface area contributed by atoms with Gasteiger partial charge in [-0.2, -0.15) is 0 Å². The molecule has 162 valence electrons. The molecule has 0 fully saturated rings. The van der Waals surface area contributed by atoms with Gasteiger partial charge in [-0.1, -0.05) is 17.7 Å². The Morgan fingerprint density at radius 3 is 2.48 bits per heavy atom. The monoisotopic (exact) mass is 424 g/mol. The van der Waals surface area contributed by atoms with Gasteiger partial charge in [0.05, 0.1) is 26.5 Å². The number of quaternary nitrogens is 1. The van der Waals surface area contributed by atoms with Crippen LogP contribution >= 0.6 is 0 Å². The summed E-state index contributed by atoms with van der Waals surface area (Å²) < 4.78 is 12.0. The summed E-state index contributed by atoms with van der Waals surface area (Å²) in [6.07, 6.45) is 0.779. The molecule has 31 heavy (non-hydrogen) atoms. The minimum Gasteiger partial charge on any atom is -0.494 e. The number of methoxy groups -OCH3 is 2. The summed E-state index contributed by atoms with van der Waals surface area (Å²) in [5.41, 5.74) is 3.07. The molecule has 4 N–H and O–H groups in total. The highest BCUT2D eigenvalue weighted by molar-refractivity contribution is 5.52. The van der Waals surface area contributed by atoms with E-state index < -0.39 is 17.3 Å². The second-order valence-corrected chi connectivity index (χ2v) is 7.78. The first-order chi connectivity index (χ1) is 14.8. The minimum absolute atomic E-state index is 0.132. The van der Waals surface area contributed by atoms with E-state index in [2.05, 4.69) is 4.98 Å². The number of fused-ring (bicyclic) bond motifs is 1. The number of aromatic nitrogens is 2. The van der Waals surface area contributed by atoms with E-state index >= 15 is 0 Å². The van der Waals surface area contributed by atoms with Crippen LogP contribution in [0.5, 0.6) is 17.4 Å². The Hall–Kier alpha value is -3.52. The van der Waals surface area contributed by atoms with Gasteiger partial charge < -0.3 is 19.9 Å². The van der Waals surface area contributed by atoms with Crippen LogP contribution in [0.1, 0.15) is 33.9 Å². The molecule has 1 atom stereocenters. The Labute approximate surface area is 179 Å². The van der Waals surface area contributed by atoms with Gasteiger partial charge in [-0.3, -0.25) is 9.78 Å². The van der Waals surface area contributed by atoms with E-state index in [4.69, 9.17) is 9.47 Å². The minimum atomic E-state index is -0.679. The highest BCUT2D eigenvalue weighted by atomic mass is 16.5. The first-order valence-electron chi connectivity index (χ1n) is 10.1. The number of nitrogens with two attached hydrogens (primary N) is 1. The number of H-pyrrole nitrogens is 1. The van der Waals surface area contributed by atoms with E-state index in [0.717, 1.165) is 33.2 Å². The van der Waals surface area contributed by atoms with Crippen LogP contribution in [0.4, 0.5) is 0 Å². The van der Waals surface area contributed by atoms with Crippen LogP contribution in [0.2, 0.25) is 0 Å². The molecule has 0 amide bonds. The van der Waals surface area contributed by atoms with Crippen LogP contribution in [0.15, 0.2) is 39.9 Å². The zero-order valence-corrected chi connectivity index (χ0v) is 18.0. The molecule has 0 saturated carbocycles. The maximum absolute atomic E-state index is 12.9. The third-order valence-electron chi connectivity index (χ3n) is 5.82. The van der Waals surface area contributed by atoms with Crippen LogP contribution in [0, 0.1) is 13.8 Å². The zero-order valence-electron chi connectivity index (χ0n) is 18.0. The van der Waals surface area contributed by atoms with Crippen LogP contribution in [0.25, 0.3) is 5.69 Å². The fourth-order valence-corrected chi connectivity index (χ4v) is 4.35. The molecular formula is C23H26N3O5+. The van der Waals surface area contributed by atoms with Crippen molar-refractivity contribution < 1.29 is 19.9 Å². The number of hydrogen-bond acceptors (Lipinski definition) is 5. The molecule has 8 heteroatoms. The summed E-state index contributed by atoms with van der Waals surface area (Å²) in [5, 5.41) is 13.2. The van der Waals surface area contributed by atoms with Crippen LogP contribution in [-0.2, 0) is 6.42 Å². The largest absolute Gasteiger partial charge is 0.494 e. The van der Waals surface area contributed by atoms with Crippen LogP contribution < -0.4 is 26.0 Å². The predicted octanol–water partition coefficient (Wildman–Crippen LogP) is 1.07. The van der Waals surface area contributed by atoms with Gasteiger partial charge in [0.1, 0.15) is 11.6 Å². The van der Waals surface area contributed by atoms with Crippen molar-refractivity contribution >= 4 is 0 Å². The lowest BCUT2D eigenvalue weighted by Gasteiger charge is -2.26. The summed E-state index contributed by atoms with van der Waals surface area (Å²) in [6, 6.07) is 8.79. The molecule has 1 aliphatic rings. The third-order valence-corrected chi connectivity index (χ3v) is 5.82. The second kappa shape index (κ2) is 7.96. The molecule has 4 rings (SSSR count). The van der Waals surface area contributed by atoms with Crippen molar-refractivity contribution in [3.63, 3.8) is 0 Å². The standard InChI is InChI=1S/C23H25N3O5/c1-12-5-6-16(13(2)9-12)26-22(28)19(21(27)25-23(26)29)20-15-11-18(31-4)17(30-3)10-14(15)7-8-24-20/h5-6,9-11,20,24,28H,7-8H2,1-4H3,(H,25,27,29)/p+1/t20-/m0/s1. The molecule has 8 nitrogen and oxygen atoms in total. The Morgan fingerprint density at radius 2 is 1.81 bits per heavy atom. The molecule has 0 aliphatic carbocycles. The molecular weight excluding hydrogens is 398 g/mol. The quantitative estimate of drug-likeness (QED) is 0.581. The first kappa shape index (κ1) is 20.7. The summed E-state index contributed by atoms with van der Waals surface area (Å²) in [5.74, 6) is 0.796. The number of nitrogens with one attached hydrogen (secondary N) is 1. The lowest BCUT2D eigenvalue weighted by molar-refractivity contribution is -0.690. The summed E-state index contributed by atoms with van der Waals surface area (Å²) in [7, 11) is 3.13. The van der Waals surface area contributed by atoms with E-state index in [1.54, 1.807) is 20.3 Å². The van der Waals surface area contributed by atoms with E-state index in [-0.39, 0.29) is 11.4 Å². The summed E-state index contributed by atoms with van der Waals surface area (Å²) in [6.45, 7) is 4.53. The lowest BCUT2D eigenvalue weighted by atomic mass is 9.90. The molecule has 1 aliphatic heterocycles. The van der Waals surface area contributed by atoms with Gasteiger partial charge in [-0.25, -0.2) is 9.36 Å². The lowest BCUT2D eigenvalue weighted by Crippen LogP contribution is -2.87. The third kappa shape index (κ3) is 3.48. The average molecular weight is 424 g/mol. The van der Waals surface area contributed by atoms with Crippen LogP contribution in [-0.4, -0.2) is 35.4 Å². The van der Waals surface area contributed by atoms with Crippen molar-refractivity contribution in [2.45, 2.75) is 26.3 Å². The number of rotatable bonds is 4. The second-order valence-electron chi connectivity index (χ2n) is 7.78. The topological polar surface area (TPSA) is 110 Å². The normalized spacial score (nSPS) is 15.4. The average Bonchev–Trinajstić information content (AvgIpc) is 2.74. The molecule has 0 saturated heterocycles. The summed E-state index contributed by atoms with van der Waals surface area (Å²) >= 11 is 0. The molecule has 2 aromatic carbocycles. The smallest absolute Gasteiger partial charge is 0.335 e. The maximum atomic E-state index is 12.9. The fourth-order valence-electron chi connectivity index (χ4n) is 4.35. The molecule has 0 spiro atoms. The van der Waals surface area contributed by atoms with Crippen LogP contribution in [0.3, 0.4) is 0 Å². The van der Waals surface area contributed by atoms with Gasteiger partial charge >= 0.3 is 5.69 Å². The molecule has 3 aromatic rings. The van der Waals surface area contributed by atoms with Gasteiger partial charge in [-0.05, 0) is 43.2 Å². The number of hydrogen-bond donors (Lipinski definition) is 3. The van der Waals surface area contributed by atoms with E-state index in [1.807, 2.05) is 43.4 Å². The Kier molecular flexibility index (Phi) is 5.32. The molecule has 0 bridgehead atoms. The number of aromatic amines is 1. The number of benzene rings is 2. The van der Waals surface area contributed by atoms with Crippen molar-refractivity contribution in [1.29, 1.82) is 0 Å². The van der Waals surface area contributed by atoms with Gasteiger partial charge in [0.15, 0.2) is 11.5 Å². The highest BCUT2D eigenvalue weighted by Gasteiger charge is 2.33. The van der Waals surface area contributed by atoms with Crippen molar-refractivity contribution in [2.24, 2.45) is 0 Å². The van der Waals surface area contributed by atoms with Crippen molar-refractivity contribution in [1.82, 2.24) is 9.55 Å². The SMILES string of the molecule is COc1cc2c(cc1OC)[C@@H](c1c(O)n(-c3ccc(C)cc3C)c(=O)[nH]c1=O)[NH2+]CC2. The van der Waals surface area contributed by atoms with Gasteiger partial charge in [0.2, 0.25) is 5.88 Å². The Bertz CT molecular complexity index is 1280. The van der Waals surface area contributed by atoms with Crippen molar-refractivity contribution in [3.05, 3.63) is 79.0 Å². The van der Waals surface area contributed by atoms with Gasteiger partial charge in [-0.15, -0.1) is 0 Å². The van der Waals surface area contributed by atoms with E-state index in [1.165, 1.54) is 0 Å². The molecule has 0 radical (unpaired) electrons.